The van der Waals surface area contributed by atoms with Crippen LogP contribution in [0.1, 0.15) is 18.1 Å². The maximum Gasteiger partial charge on any atom is 0.123 e. The molecular formula is C16H19FN2O. The molecule has 0 aromatic heterocycles. The third kappa shape index (κ3) is 3.02. The second-order valence-electron chi connectivity index (χ2n) is 4.83. The third-order valence-electron chi connectivity index (χ3n) is 3.38. The van der Waals surface area contributed by atoms with Gasteiger partial charge in [-0.25, -0.2) is 4.39 Å². The van der Waals surface area contributed by atoms with Crippen LogP contribution in [0.3, 0.4) is 0 Å². The lowest BCUT2D eigenvalue weighted by molar-refractivity contribution is 0.475. The molecule has 0 saturated carbocycles. The molecule has 0 heterocycles. The summed E-state index contributed by atoms with van der Waals surface area (Å²) in [6.07, 6.45) is 0. The molecule has 3 nitrogen and oxygen atoms in total. The fourth-order valence-electron chi connectivity index (χ4n) is 2.22. The summed E-state index contributed by atoms with van der Waals surface area (Å²) in [6, 6.07) is 9.62. The van der Waals surface area contributed by atoms with Crippen molar-refractivity contribution in [3.05, 3.63) is 53.3 Å². The Hall–Kier alpha value is -2.23. The molecule has 0 aliphatic carbocycles. The maximum atomic E-state index is 13.3. The summed E-state index contributed by atoms with van der Waals surface area (Å²) in [5, 5.41) is 9.64. The number of hydrogen-bond acceptors (Lipinski definition) is 3. The Bertz CT molecular complexity index is 613. The van der Waals surface area contributed by atoms with E-state index >= 15 is 0 Å². The molecule has 0 radical (unpaired) electrons. The van der Waals surface area contributed by atoms with E-state index in [1.54, 1.807) is 18.2 Å². The number of nitrogen functional groups attached to an aromatic ring is 1. The number of nitrogens with zero attached hydrogens (tertiary/aromatic N) is 1. The molecule has 20 heavy (non-hydrogen) atoms. The molecule has 0 aliphatic heterocycles. The standard InChI is InChI=1S/C16H19FN2O/c1-3-19(16-9-14(20)6-4-11(16)2)10-12-8-13(17)5-7-15(12)18/h4-9,20H,3,10,18H2,1-2H3. The number of phenolic OH excluding ortho intramolecular Hbond substituents is 1. The van der Waals surface area contributed by atoms with E-state index in [-0.39, 0.29) is 11.6 Å². The number of anilines is 2. The van der Waals surface area contributed by atoms with Crippen LogP contribution in [0.5, 0.6) is 5.75 Å². The molecule has 2 aromatic rings. The maximum absolute atomic E-state index is 13.3. The molecular weight excluding hydrogens is 255 g/mol. The summed E-state index contributed by atoms with van der Waals surface area (Å²) in [5.41, 5.74) is 9.19. The number of aryl methyl sites for hydroxylation is 1. The zero-order valence-electron chi connectivity index (χ0n) is 11.7. The molecule has 2 rings (SSSR count). The van der Waals surface area contributed by atoms with E-state index in [9.17, 15) is 9.50 Å². The second kappa shape index (κ2) is 5.82. The van der Waals surface area contributed by atoms with Crippen molar-refractivity contribution in [2.75, 3.05) is 17.2 Å². The number of hydrogen-bond donors (Lipinski definition) is 2. The van der Waals surface area contributed by atoms with E-state index < -0.39 is 0 Å². The van der Waals surface area contributed by atoms with Crippen LogP contribution in [0.15, 0.2) is 36.4 Å². The van der Waals surface area contributed by atoms with E-state index in [2.05, 4.69) is 4.90 Å². The van der Waals surface area contributed by atoms with E-state index in [4.69, 9.17) is 5.73 Å². The largest absolute Gasteiger partial charge is 0.508 e. The van der Waals surface area contributed by atoms with Crippen LogP contribution in [0.2, 0.25) is 0 Å². The number of rotatable bonds is 4. The van der Waals surface area contributed by atoms with Gasteiger partial charge < -0.3 is 15.7 Å². The van der Waals surface area contributed by atoms with Gasteiger partial charge in [0, 0.05) is 30.5 Å². The van der Waals surface area contributed by atoms with Crippen molar-refractivity contribution < 1.29 is 9.50 Å². The monoisotopic (exact) mass is 274 g/mol. The van der Waals surface area contributed by atoms with Gasteiger partial charge in [-0.05, 0) is 49.2 Å². The minimum absolute atomic E-state index is 0.219. The zero-order valence-corrected chi connectivity index (χ0v) is 11.7. The lowest BCUT2D eigenvalue weighted by Gasteiger charge is -2.26. The summed E-state index contributed by atoms with van der Waals surface area (Å²) in [6.45, 7) is 5.23. The van der Waals surface area contributed by atoms with Gasteiger partial charge in [0.25, 0.3) is 0 Å². The average Bonchev–Trinajstić information content (AvgIpc) is 2.42. The number of nitrogens with two attached hydrogens (primary N) is 1. The first-order valence-electron chi connectivity index (χ1n) is 6.59. The Morgan fingerprint density at radius 2 is 1.95 bits per heavy atom. The van der Waals surface area contributed by atoms with Gasteiger partial charge in [0.05, 0.1) is 0 Å². The van der Waals surface area contributed by atoms with E-state index in [1.165, 1.54) is 12.1 Å². The van der Waals surface area contributed by atoms with Crippen LogP contribution in [0.4, 0.5) is 15.8 Å². The Labute approximate surface area is 118 Å². The zero-order chi connectivity index (χ0) is 14.7. The van der Waals surface area contributed by atoms with Crippen LogP contribution >= 0.6 is 0 Å². The van der Waals surface area contributed by atoms with Gasteiger partial charge in [0.15, 0.2) is 0 Å². The molecule has 3 N–H and O–H groups in total. The van der Waals surface area contributed by atoms with Crippen molar-refractivity contribution in [1.29, 1.82) is 0 Å². The predicted molar refractivity (Wildman–Crippen MR) is 80.4 cm³/mol. The Morgan fingerprint density at radius 1 is 1.20 bits per heavy atom. The molecule has 4 heteroatoms. The molecule has 0 amide bonds. The fraction of sp³-hybridized carbons (Fsp3) is 0.250. The van der Waals surface area contributed by atoms with Crippen molar-refractivity contribution in [3.8, 4) is 5.75 Å². The lowest BCUT2D eigenvalue weighted by Crippen LogP contribution is -2.23. The first kappa shape index (κ1) is 14.2. The first-order chi connectivity index (χ1) is 9.51. The number of phenols is 1. The van der Waals surface area contributed by atoms with Gasteiger partial charge in [0.2, 0.25) is 0 Å². The first-order valence-corrected chi connectivity index (χ1v) is 6.59. The summed E-state index contributed by atoms with van der Waals surface area (Å²) in [4.78, 5) is 2.06. The SMILES string of the molecule is CCN(Cc1cc(F)ccc1N)c1cc(O)ccc1C. The van der Waals surface area contributed by atoms with Gasteiger partial charge in [-0.1, -0.05) is 6.07 Å². The summed E-state index contributed by atoms with van der Waals surface area (Å²) in [7, 11) is 0. The molecule has 0 bridgehead atoms. The Balaban J connectivity index is 2.33. The van der Waals surface area contributed by atoms with Crippen molar-refractivity contribution in [1.82, 2.24) is 0 Å². The second-order valence-corrected chi connectivity index (χ2v) is 4.83. The average molecular weight is 274 g/mol. The quantitative estimate of drug-likeness (QED) is 0.840. The Kier molecular flexibility index (Phi) is 4.13. The van der Waals surface area contributed by atoms with E-state index in [1.807, 2.05) is 19.9 Å². The van der Waals surface area contributed by atoms with Gasteiger partial charge >= 0.3 is 0 Å². The van der Waals surface area contributed by atoms with Crippen molar-refractivity contribution in [2.45, 2.75) is 20.4 Å². The third-order valence-corrected chi connectivity index (χ3v) is 3.38. The molecule has 0 fully saturated rings. The smallest absolute Gasteiger partial charge is 0.123 e. The highest BCUT2D eigenvalue weighted by Gasteiger charge is 2.11. The molecule has 106 valence electrons. The number of benzene rings is 2. The molecule has 0 spiro atoms. The van der Waals surface area contributed by atoms with Crippen LogP contribution in [-0.4, -0.2) is 11.7 Å². The predicted octanol–water partition coefficient (Wildman–Crippen LogP) is 3.45. The highest BCUT2D eigenvalue weighted by Crippen LogP contribution is 2.27. The molecule has 0 atom stereocenters. The summed E-state index contributed by atoms with van der Waals surface area (Å²) < 4.78 is 13.3. The molecule has 0 saturated heterocycles. The van der Waals surface area contributed by atoms with Gasteiger partial charge in [0.1, 0.15) is 11.6 Å². The fourth-order valence-corrected chi connectivity index (χ4v) is 2.22. The Morgan fingerprint density at radius 3 is 2.65 bits per heavy atom. The normalized spacial score (nSPS) is 10.6. The van der Waals surface area contributed by atoms with Crippen molar-refractivity contribution in [3.63, 3.8) is 0 Å². The molecule has 2 aromatic carbocycles. The van der Waals surface area contributed by atoms with Crippen molar-refractivity contribution in [2.24, 2.45) is 0 Å². The topological polar surface area (TPSA) is 49.5 Å². The van der Waals surface area contributed by atoms with Gasteiger partial charge in [-0.2, -0.15) is 0 Å². The van der Waals surface area contributed by atoms with Crippen LogP contribution in [0, 0.1) is 12.7 Å². The number of halogens is 1. The van der Waals surface area contributed by atoms with Gasteiger partial charge in [-0.15, -0.1) is 0 Å². The molecule has 0 aliphatic rings. The molecule has 0 unspecified atom stereocenters. The minimum atomic E-state index is -0.294. The summed E-state index contributed by atoms with van der Waals surface area (Å²) in [5.74, 6) is -0.0749. The van der Waals surface area contributed by atoms with Crippen LogP contribution in [0.25, 0.3) is 0 Å². The summed E-state index contributed by atoms with van der Waals surface area (Å²) >= 11 is 0. The van der Waals surface area contributed by atoms with Crippen molar-refractivity contribution >= 4 is 11.4 Å². The highest BCUT2D eigenvalue weighted by atomic mass is 19.1. The van der Waals surface area contributed by atoms with Crippen LogP contribution in [-0.2, 0) is 6.54 Å². The van der Waals surface area contributed by atoms with E-state index in [0.717, 1.165) is 23.4 Å². The van der Waals surface area contributed by atoms with Crippen LogP contribution < -0.4 is 10.6 Å². The van der Waals surface area contributed by atoms with Gasteiger partial charge in [-0.3, -0.25) is 0 Å². The highest BCUT2D eigenvalue weighted by molar-refractivity contribution is 5.58. The lowest BCUT2D eigenvalue weighted by atomic mass is 10.1. The van der Waals surface area contributed by atoms with E-state index in [0.29, 0.717) is 12.2 Å². The number of aromatic hydroxyl groups is 1. The minimum Gasteiger partial charge on any atom is -0.508 e.